The zero-order valence-corrected chi connectivity index (χ0v) is 23.0. The second kappa shape index (κ2) is 8.36. The molecule has 2 nitrogen and oxygen atoms in total. The Hall–Kier alpha value is -4.78. The molecule has 1 aromatic heterocycles. The van der Waals surface area contributed by atoms with Gasteiger partial charge in [-0.15, -0.1) is 11.3 Å². The number of fused-ring (bicyclic) bond motifs is 5. The highest BCUT2D eigenvalue weighted by molar-refractivity contribution is 7.18. The summed E-state index contributed by atoms with van der Waals surface area (Å²) in [5, 5.41) is 12.0. The van der Waals surface area contributed by atoms with Crippen molar-refractivity contribution in [3.63, 3.8) is 0 Å². The number of nitrogens with zero attached hydrogens (tertiary/aromatic N) is 2. The Balaban J connectivity index is 1.27. The molecule has 2 aliphatic rings. The molecule has 5 aromatic carbocycles. The number of benzene rings is 5. The predicted molar refractivity (Wildman–Crippen MR) is 167 cm³/mol. The molecule has 188 valence electrons. The highest BCUT2D eigenvalue weighted by atomic mass is 32.1. The molecule has 2 aliphatic carbocycles. The maximum atomic E-state index is 9.29. The van der Waals surface area contributed by atoms with Gasteiger partial charge < -0.3 is 0 Å². The van der Waals surface area contributed by atoms with Crippen molar-refractivity contribution in [2.45, 2.75) is 19.3 Å². The third-order valence-electron chi connectivity index (χ3n) is 8.67. The minimum Gasteiger partial charge on any atom is -0.172 e. The van der Waals surface area contributed by atoms with Crippen LogP contribution in [0.4, 0.5) is 0 Å². The van der Waals surface area contributed by atoms with Gasteiger partial charge in [0.1, 0.15) is 0 Å². The molecule has 0 saturated carbocycles. The van der Waals surface area contributed by atoms with Gasteiger partial charge in [-0.25, -0.2) is 0 Å². The van der Waals surface area contributed by atoms with Gasteiger partial charge in [0.05, 0.1) is 5.71 Å². The van der Waals surface area contributed by atoms with Crippen LogP contribution in [-0.2, 0) is 5.41 Å². The molecule has 40 heavy (non-hydrogen) atoms. The number of aliphatic imine (C=N–C) groups is 1. The molecule has 8 rings (SSSR count). The van der Waals surface area contributed by atoms with Gasteiger partial charge in [-0.1, -0.05) is 105 Å². The normalized spacial score (nSPS) is 15.0. The van der Waals surface area contributed by atoms with Crippen LogP contribution in [0.3, 0.4) is 0 Å². The van der Waals surface area contributed by atoms with Crippen LogP contribution in [0.1, 0.15) is 36.1 Å². The van der Waals surface area contributed by atoms with Gasteiger partial charge >= 0.3 is 0 Å². The van der Waals surface area contributed by atoms with Crippen molar-refractivity contribution in [3.05, 3.63) is 131 Å². The third-order valence-corrected chi connectivity index (χ3v) is 9.84. The summed E-state index contributed by atoms with van der Waals surface area (Å²) < 4.78 is 0. The van der Waals surface area contributed by atoms with Crippen LogP contribution >= 0.6 is 11.3 Å². The average molecular weight is 529 g/mol. The van der Waals surface area contributed by atoms with Crippen molar-refractivity contribution >= 4 is 27.8 Å². The highest BCUT2D eigenvalue weighted by Crippen LogP contribution is 2.51. The van der Waals surface area contributed by atoms with Gasteiger partial charge in [-0.05, 0) is 73.5 Å². The minimum absolute atomic E-state index is 0.0588. The van der Waals surface area contributed by atoms with Crippen LogP contribution < -0.4 is 0 Å². The molecule has 0 aliphatic heterocycles. The van der Waals surface area contributed by atoms with Crippen molar-refractivity contribution < 1.29 is 0 Å². The van der Waals surface area contributed by atoms with E-state index in [0.29, 0.717) is 0 Å². The first kappa shape index (κ1) is 23.1. The van der Waals surface area contributed by atoms with Crippen LogP contribution in [0.25, 0.3) is 53.9 Å². The molecule has 0 saturated heterocycles. The van der Waals surface area contributed by atoms with Crippen LogP contribution in [0.5, 0.6) is 0 Å². The van der Waals surface area contributed by atoms with E-state index < -0.39 is 0 Å². The third kappa shape index (κ3) is 3.11. The molecule has 0 radical (unpaired) electrons. The van der Waals surface area contributed by atoms with Crippen LogP contribution in [0, 0.1) is 11.5 Å². The van der Waals surface area contributed by atoms with Gasteiger partial charge in [0.25, 0.3) is 0 Å². The quantitative estimate of drug-likeness (QED) is 0.206. The minimum atomic E-state index is -0.0588. The Bertz CT molecular complexity index is 2100. The van der Waals surface area contributed by atoms with E-state index in [1.807, 2.05) is 35.7 Å². The van der Waals surface area contributed by atoms with Crippen LogP contribution in [0.2, 0.25) is 0 Å². The summed E-state index contributed by atoms with van der Waals surface area (Å²) in [6, 6.07) is 39.5. The number of nitriles is 1. The van der Waals surface area contributed by atoms with Crippen molar-refractivity contribution in [1.29, 1.82) is 5.26 Å². The number of thiophene rings is 1. The monoisotopic (exact) mass is 528 g/mol. The molecule has 0 unspecified atom stereocenters. The van der Waals surface area contributed by atoms with Crippen molar-refractivity contribution in [3.8, 4) is 49.3 Å². The lowest BCUT2D eigenvalue weighted by Crippen LogP contribution is -2.23. The lowest BCUT2D eigenvalue weighted by Gasteiger charge is -2.35. The largest absolute Gasteiger partial charge is 0.206 e. The lowest BCUT2D eigenvalue weighted by atomic mass is 9.68. The first-order chi connectivity index (χ1) is 19.6. The van der Waals surface area contributed by atoms with Gasteiger partial charge in [0.15, 0.2) is 0 Å². The van der Waals surface area contributed by atoms with Crippen LogP contribution in [-0.4, -0.2) is 5.71 Å². The molecule has 0 spiro atoms. The molecule has 0 amide bonds. The van der Waals surface area contributed by atoms with Gasteiger partial charge in [0.2, 0.25) is 6.19 Å². The summed E-state index contributed by atoms with van der Waals surface area (Å²) in [5.41, 5.74) is 12.9. The Labute approximate surface area is 237 Å². The molecule has 0 bridgehead atoms. The second-order valence-electron chi connectivity index (χ2n) is 11.1. The standard InChI is InChI=1S/C37H24N2S/c1-37(2)31-12-6-5-9-24(31)27-17-16-25(26-11-7-13-32(37)35(26)27)34-19-18-33(40-34)22-14-15-29-30(20-22)23-8-3-4-10-28(23)36(29)39-21-38/h3-20H,1-2H3. The van der Waals surface area contributed by atoms with Gasteiger partial charge in [-0.3, -0.25) is 0 Å². The maximum Gasteiger partial charge on any atom is 0.206 e. The maximum absolute atomic E-state index is 9.29. The first-order valence-corrected chi connectivity index (χ1v) is 14.4. The molecule has 6 aromatic rings. The summed E-state index contributed by atoms with van der Waals surface area (Å²) in [6.07, 6.45) is 1.99. The molecular formula is C37H24N2S. The Morgan fingerprint density at radius 3 is 2.12 bits per heavy atom. The predicted octanol–water partition coefficient (Wildman–Crippen LogP) is 9.84. The molecule has 0 atom stereocenters. The fourth-order valence-electron chi connectivity index (χ4n) is 6.78. The summed E-state index contributed by atoms with van der Waals surface area (Å²) in [5.74, 6) is 0. The van der Waals surface area contributed by atoms with Crippen molar-refractivity contribution in [2.24, 2.45) is 4.99 Å². The van der Waals surface area contributed by atoms with E-state index in [9.17, 15) is 5.26 Å². The van der Waals surface area contributed by atoms with Gasteiger partial charge in [-0.2, -0.15) is 10.3 Å². The lowest BCUT2D eigenvalue weighted by molar-refractivity contribution is 0.645. The zero-order chi connectivity index (χ0) is 27.0. The van der Waals surface area contributed by atoms with Crippen LogP contribution in [0.15, 0.2) is 114 Å². The summed E-state index contributed by atoms with van der Waals surface area (Å²) in [6.45, 7) is 4.69. The van der Waals surface area contributed by atoms with E-state index in [1.54, 1.807) is 0 Å². The van der Waals surface area contributed by atoms with Crippen molar-refractivity contribution in [1.82, 2.24) is 0 Å². The number of rotatable bonds is 2. The van der Waals surface area contributed by atoms with E-state index >= 15 is 0 Å². The second-order valence-corrected chi connectivity index (χ2v) is 12.2. The van der Waals surface area contributed by atoms with Crippen molar-refractivity contribution in [2.75, 3.05) is 0 Å². The summed E-state index contributed by atoms with van der Waals surface area (Å²) in [7, 11) is 0. The summed E-state index contributed by atoms with van der Waals surface area (Å²) in [4.78, 5) is 6.65. The van der Waals surface area contributed by atoms with E-state index in [2.05, 4.69) is 110 Å². The Kier molecular flexibility index (Phi) is 4.83. The fraction of sp³-hybridized carbons (Fsp3) is 0.0811. The smallest absolute Gasteiger partial charge is 0.172 e. The SMILES string of the molecule is CC1(C)c2ccccc2-c2ccc(-c3ccc(-c4ccc5c(c4)-c4ccccc4C5=NC#N)s3)c3cccc1c23. The number of hydrogen-bond acceptors (Lipinski definition) is 3. The molecule has 3 heteroatoms. The summed E-state index contributed by atoms with van der Waals surface area (Å²) >= 11 is 1.83. The molecule has 0 fully saturated rings. The van der Waals surface area contributed by atoms with Gasteiger partial charge in [0, 0.05) is 26.3 Å². The number of hydrogen-bond donors (Lipinski definition) is 0. The van der Waals surface area contributed by atoms with E-state index in [4.69, 9.17) is 0 Å². The molecular weight excluding hydrogens is 504 g/mol. The Morgan fingerprint density at radius 1 is 0.600 bits per heavy atom. The fourth-order valence-corrected chi connectivity index (χ4v) is 7.82. The molecule has 1 heterocycles. The first-order valence-electron chi connectivity index (χ1n) is 13.5. The topological polar surface area (TPSA) is 36.1 Å². The highest BCUT2D eigenvalue weighted by Gasteiger charge is 2.33. The Morgan fingerprint density at radius 2 is 1.27 bits per heavy atom. The zero-order valence-electron chi connectivity index (χ0n) is 22.2. The van der Waals surface area contributed by atoms with E-state index in [0.717, 1.165) is 28.0 Å². The average Bonchev–Trinajstić information content (AvgIpc) is 3.60. The van der Waals surface area contributed by atoms with E-state index in [-0.39, 0.29) is 5.41 Å². The van der Waals surface area contributed by atoms with E-state index in [1.165, 1.54) is 53.9 Å². The molecule has 0 N–H and O–H groups in total.